The molecule has 0 spiro atoms. The summed E-state index contributed by atoms with van der Waals surface area (Å²) in [6.07, 6.45) is 20.0. The van der Waals surface area contributed by atoms with Crippen molar-refractivity contribution in [2.75, 3.05) is 52.9 Å². The van der Waals surface area contributed by atoms with Gasteiger partial charge in [0.25, 0.3) is 0 Å². The van der Waals surface area contributed by atoms with Gasteiger partial charge in [0.1, 0.15) is 0 Å². The molecule has 4 heterocycles. The van der Waals surface area contributed by atoms with Crippen LogP contribution in [0, 0.1) is 35.5 Å². The normalized spacial score (nSPS) is 25.3. The van der Waals surface area contributed by atoms with Crippen LogP contribution < -0.4 is 0 Å². The Morgan fingerprint density at radius 3 is 0.717 bits per heavy atom. The molecule has 0 aromatic carbocycles. The lowest BCUT2D eigenvalue weighted by Gasteiger charge is -2.23. The smallest absolute Gasteiger partial charge is 0.310 e. The van der Waals surface area contributed by atoms with Crippen molar-refractivity contribution in [1.29, 1.82) is 0 Å². The standard InChI is InChI=1S/C60H90O20.12CH4/c61-53(73-35-39-17-21-45-49(29-39)77-45)13-5-1-9-25-69-57(65)33-43(59(67)71-27-11-3-7-15-55(63)75-37-41-19-23-47-51(31-41)79-47)44(60(68)72-28-12-4-8-16-56(64)76-38-42-20-24-48-52(32-42)80-48)34-58(66)70-26-10-2-6-14-54(62)74-36-40-18-22-46-50(30-40)78-46;;;;;;;;;;;;/h39-52H,1-38H2;12*1H4. The first kappa shape index (κ1) is 96.3. The van der Waals surface area contributed by atoms with Gasteiger partial charge in [0.05, 0.1) is 126 Å². The Morgan fingerprint density at radius 1 is 0.261 bits per heavy atom. The summed E-state index contributed by atoms with van der Waals surface area (Å²) >= 11 is 0. The van der Waals surface area contributed by atoms with Gasteiger partial charge in [-0.25, -0.2) is 0 Å². The van der Waals surface area contributed by atoms with Crippen molar-refractivity contribution in [3.63, 3.8) is 0 Å². The van der Waals surface area contributed by atoms with Crippen LogP contribution in [0.4, 0.5) is 0 Å². The fraction of sp³-hybridized carbons (Fsp3) is 0.889. The molecule has 546 valence electrons. The summed E-state index contributed by atoms with van der Waals surface area (Å²) in [5.74, 6) is -6.17. The van der Waals surface area contributed by atoms with Crippen molar-refractivity contribution in [2.24, 2.45) is 35.5 Å². The van der Waals surface area contributed by atoms with E-state index in [0.717, 1.165) is 77.0 Å². The van der Waals surface area contributed by atoms with Crippen LogP contribution >= 0.6 is 0 Å². The van der Waals surface area contributed by atoms with Crippen LogP contribution in [0.5, 0.6) is 0 Å². The Hall–Kier alpha value is -4.40. The number of esters is 8. The van der Waals surface area contributed by atoms with Crippen LogP contribution in [-0.2, 0) is 95.2 Å². The number of carbonyl (C=O) groups excluding carboxylic acids is 8. The third kappa shape index (κ3) is 35.4. The van der Waals surface area contributed by atoms with Gasteiger partial charge in [0, 0.05) is 25.7 Å². The topological polar surface area (TPSA) is 261 Å². The van der Waals surface area contributed by atoms with E-state index in [1.54, 1.807) is 0 Å². The van der Waals surface area contributed by atoms with Crippen molar-refractivity contribution >= 4 is 47.8 Å². The molecular weight excluding hydrogens is 1180 g/mol. The quantitative estimate of drug-likeness (QED) is 0.0240. The van der Waals surface area contributed by atoms with Crippen molar-refractivity contribution < 1.29 is 95.2 Å². The summed E-state index contributed by atoms with van der Waals surface area (Å²) in [6.45, 7) is 1.38. The first-order chi connectivity index (χ1) is 38.9. The largest absolute Gasteiger partial charge is 0.466 e. The summed E-state index contributed by atoms with van der Waals surface area (Å²) in [6, 6.07) is 0. The number of hydrogen-bond acceptors (Lipinski definition) is 20. The minimum absolute atomic E-state index is 0. The van der Waals surface area contributed by atoms with Crippen molar-refractivity contribution in [3.8, 4) is 0 Å². The van der Waals surface area contributed by atoms with Gasteiger partial charge >= 0.3 is 47.8 Å². The molecule has 8 rings (SSSR count). The lowest BCUT2D eigenvalue weighted by Crippen LogP contribution is -2.36. The maximum atomic E-state index is 14.0. The average Bonchev–Trinajstić information content (AvgIpc) is 1.61. The van der Waals surface area contributed by atoms with Gasteiger partial charge in [0.2, 0.25) is 0 Å². The second-order valence-corrected chi connectivity index (χ2v) is 23.9. The minimum atomic E-state index is -1.47. The maximum absolute atomic E-state index is 14.0. The highest BCUT2D eigenvalue weighted by atomic mass is 16.6. The van der Waals surface area contributed by atoms with Crippen LogP contribution in [0.15, 0.2) is 0 Å². The van der Waals surface area contributed by atoms with E-state index in [-0.39, 0.29) is 165 Å². The van der Waals surface area contributed by atoms with Gasteiger partial charge in [0.15, 0.2) is 0 Å². The monoisotopic (exact) mass is 1320 g/mol. The summed E-state index contributed by atoms with van der Waals surface area (Å²) in [5, 5.41) is 0. The number of rotatable bonds is 39. The molecule has 20 heteroatoms. The lowest BCUT2D eigenvalue weighted by atomic mass is 9.86. The fourth-order valence-corrected chi connectivity index (χ4v) is 12.1. The van der Waals surface area contributed by atoms with Crippen molar-refractivity contribution in [1.82, 2.24) is 0 Å². The van der Waals surface area contributed by atoms with E-state index in [1.165, 1.54) is 0 Å². The Bertz CT molecular complexity index is 1890. The zero-order valence-corrected chi connectivity index (χ0v) is 47.1. The Balaban J connectivity index is -0.00000210. The molecule has 4 saturated carbocycles. The number of epoxide rings is 4. The molecule has 0 aromatic rings. The highest BCUT2D eigenvalue weighted by Crippen LogP contribution is 2.42. The Morgan fingerprint density at radius 2 is 0.489 bits per heavy atom. The first-order valence-electron chi connectivity index (χ1n) is 30.8. The molecule has 14 unspecified atom stereocenters. The van der Waals surface area contributed by atoms with E-state index in [9.17, 15) is 38.4 Å². The number of ether oxygens (including phenoxy) is 12. The Labute approximate surface area is 559 Å². The van der Waals surface area contributed by atoms with E-state index in [2.05, 4.69) is 0 Å². The molecule has 4 aliphatic carbocycles. The van der Waals surface area contributed by atoms with E-state index >= 15 is 0 Å². The SMILES string of the molecule is C.C.C.C.C.C.C.C.C.C.C.C.O=C(CCCCCOC(=O)CC(C(=O)OCCCCCC(=O)OCC1CCC2OC2C1)C(CC(=O)OCCCCCC(=O)OCC1CCC2OC2C1)C(=O)OCCCCCC(=O)OCC1CCC2OC2C1)OCC1CCC2OC2C1. The van der Waals surface area contributed by atoms with Crippen LogP contribution in [0.25, 0.3) is 0 Å². The molecule has 4 aliphatic heterocycles. The molecule has 20 nitrogen and oxygen atoms in total. The van der Waals surface area contributed by atoms with Crippen molar-refractivity contribution in [3.05, 3.63) is 0 Å². The zero-order valence-electron chi connectivity index (χ0n) is 47.1. The second kappa shape index (κ2) is 50.9. The molecule has 0 bridgehead atoms. The summed E-state index contributed by atoms with van der Waals surface area (Å²) < 4.78 is 66.9. The predicted octanol–water partition coefficient (Wildman–Crippen LogP) is 15.5. The van der Waals surface area contributed by atoms with Crippen LogP contribution in [-0.4, -0.2) is 149 Å². The molecular formula is C72H138O20. The Kier molecular flexibility index (Phi) is 53.3. The summed E-state index contributed by atoms with van der Waals surface area (Å²) in [7, 11) is 0. The minimum Gasteiger partial charge on any atom is -0.466 e. The predicted molar refractivity (Wildman–Crippen MR) is 363 cm³/mol. The molecule has 0 radical (unpaired) electrons. The van der Waals surface area contributed by atoms with Gasteiger partial charge in [-0.3, -0.25) is 38.4 Å². The molecule has 8 aliphatic rings. The number of hydrogen-bond donors (Lipinski definition) is 0. The molecule has 4 saturated heterocycles. The molecule has 0 N–H and O–H groups in total. The van der Waals surface area contributed by atoms with E-state index in [4.69, 9.17) is 56.8 Å². The average molecular weight is 1320 g/mol. The van der Waals surface area contributed by atoms with Gasteiger partial charge < -0.3 is 56.8 Å². The zero-order chi connectivity index (χ0) is 56.1. The van der Waals surface area contributed by atoms with Crippen LogP contribution in [0.2, 0.25) is 0 Å². The number of unbranched alkanes of at least 4 members (excludes halogenated alkanes) is 8. The fourth-order valence-electron chi connectivity index (χ4n) is 12.1. The highest BCUT2D eigenvalue weighted by Gasteiger charge is 2.47. The number of fused-ring (bicyclic) bond motifs is 4. The molecule has 14 atom stereocenters. The molecule has 0 amide bonds. The third-order valence-corrected chi connectivity index (χ3v) is 17.4. The van der Waals surface area contributed by atoms with Crippen LogP contribution in [0.1, 0.15) is 282 Å². The number of carbonyl (C=O) groups is 8. The van der Waals surface area contributed by atoms with Crippen molar-refractivity contribution in [2.45, 2.75) is 331 Å². The highest BCUT2D eigenvalue weighted by molar-refractivity contribution is 5.88. The van der Waals surface area contributed by atoms with E-state index in [1.807, 2.05) is 0 Å². The third-order valence-electron chi connectivity index (χ3n) is 17.4. The van der Waals surface area contributed by atoms with Crippen LogP contribution in [0.3, 0.4) is 0 Å². The van der Waals surface area contributed by atoms with E-state index < -0.39 is 48.6 Å². The first-order valence-corrected chi connectivity index (χ1v) is 30.8. The lowest BCUT2D eigenvalue weighted by molar-refractivity contribution is -0.167. The molecule has 8 fully saturated rings. The van der Waals surface area contributed by atoms with Gasteiger partial charge in [-0.15, -0.1) is 0 Å². The molecule has 92 heavy (non-hydrogen) atoms. The maximum Gasteiger partial charge on any atom is 0.310 e. The van der Waals surface area contributed by atoms with Gasteiger partial charge in [-0.05, 0) is 178 Å². The summed E-state index contributed by atoms with van der Waals surface area (Å²) in [4.78, 5) is 105. The van der Waals surface area contributed by atoms with Gasteiger partial charge in [-0.1, -0.05) is 89.1 Å². The molecule has 0 aromatic heterocycles. The second-order valence-electron chi connectivity index (χ2n) is 23.9. The summed E-state index contributed by atoms with van der Waals surface area (Å²) in [5.41, 5.74) is 0. The van der Waals surface area contributed by atoms with E-state index in [0.29, 0.717) is 176 Å². The van der Waals surface area contributed by atoms with Gasteiger partial charge in [-0.2, -0.15) is 0 Å².